The minimum Gasteiger partial charge on any atom is -0.379 e. The largest absolute Gasteiger partial charge is 0.379 e. The molecule has 2 heteroatoms. The minimum atomic E-state index is 0.194. The van der Waals surface area contributed by atoms with Crippen LogP contribution in [-0.4, -0.2) is 25.8 Å². The van der Waals surface area contributed by atoms with Crippen LogP contribution in [0.25, 0.3) is 0 Å². The topological polar surface area (TPSA) is 21.3 Å². The molecule has 1 N–H and O–H groups in total. The number of nitrogens with one attached hydrogen (secondary N) is 1. The van der Waals surface area contributed by atoms with Gasteiger partial charge in [0, 0.05) is 13.2 Å². The van der Waals surface area contributed by atoms with Crippen molar-refractivity contribution in [1.29, 1.82) is 0 Å². The Morgan fingerprint density at radius 1 is 1.20 bits per heavy atom. The van der Waals surface area contributed by atoms with E-state index in [9.17, 15) is 0 Å². The molecule has 1 saturated carbocycles. The van der Waals surface area contributed by atoms with Crippen LogP contribution >= 0.6 is 0 Å². The maximum atomic E-state index is 5.93. The number of methoxy groups -OCH3 is 1. The second kappa shape index (κ2) is 8.38. The summed E-state index contributed by atoms with van der Waals surface area (Å²) in [7, 11) is 1.89. The molecular weight excluding hydrogens is 246 g/mol. The molecule has 1 aliphatic carbocycles. The fraction of sp³-hybridized carbons (Fsp3) is 1.00. The third-order valence-electron chi connectivity index (χ3n) is 4.97. The fourth-order valence-corrected chi connectivity index (χ4v) is 3.90. The molecule has 0 saturated heterocycles. The van der Waals surface area contributed by atoms with Gasteiger partial charge in [0.1, 0.15) is 0 Å². The van der Waals surface area contributed by atoms with Gasteiger partial charge in [-0.05, 0) is 43.1 Å². The lowest BCUT2D eigenvalue weighted by molar-refractivity contribution is -0.0340. The lowest BCUT2D eigenvalue weighted by Crippen LogP contribution is -2.52. The molecule has 0 amide bonds. The first-order chi connectivity index (χ1) is 9.43. The van der Waals surface area contributed by atoms with Crippen LogP contribution in [0.5, 0.6) is 0 Å². The van der Waals surface area contributed by atoms with Crippen molar-refractivity contribution in [2.45, 2.75) is 85.3 Å². The average molecular weight is 284 g/mol. The number of hydrogen-bond acceptors (Lipinski definition) is 2. The summed E-state index contributed by atoms with van der Waals surface area (Å²) in [5.41, 5.74) is 0.194. The number of hydrogen-bond donors (Lipinski definition) is 1. The van der Waals surface area contributed by atoms with Crippen molar-refractivity contribution in [2.75, 3.05) is 13.7 Å². The van der Waals surface area contributed by atoms with Crippen LogP contribution < -0.4 is 5.32 Å². The maximum absolute atomic E-state index is 5.93. The Balaban J connectivity index is 2.81. The van der Waals surface area contributed by atoms with Crippen LogP contribution in [0.4, 0.5) is 0 Å². The predicted molar refractivity (Wildman–Crippen MR) is 88.1 cm³/mol. The van der Waals surface area contributed by atoms with E-state index in [1.807, 2.05) is 7.11 Å². The average Bonchev–Trinajstić information content (AvgIpc) is 2.42. The van der Waals surface area contributed by atoms with Gasteiger partial charge in [-0.15, -0.1) is 0 Å². The van der Waals surface area contributed by atoms with Crippen molar-refractivity contribution in [3.63, 3.8) is 0 Å². The summed E-state index contributed by atoms with van der Waals surface area (Å²) in [6, 6.07) is 0.509. The molecule has 0 radical (unpaired) electrons. The molecule has 0 heterocycles. The van der Waals surface area contributed by atoms with Crippen LogP contribution in [-0.2, 0) is 4.74 Å². The van der Waals surface area contributed by atoms with Crippen molar-refractivity contribution in [2.24, 2.45) is 17.3 Å². The number of ether oxygens (including phenoxy) is 1. The summed E-state index contributed by atoms with van der Waals surface area (Å²) in [6.07, 6.45) is 8.41. The summed E-state index contributed by atoms with van der Waals surface area (Å²) >= 11 is 0. The molecule has 2 nitrogen and oxygen atoms in total. The second-order valence-electron chi connectivity index (χ2n) is 7.70. The smallest absolute Gasteiger partial charge is 0.0775 e. The van der Waals surface area contributed by atoms with E-state index in [2.05, 4.69) is 39.9 Å². The summed E-state index contributed by atoms with van der Waals surface area (Å²) in [6.45, 7) is 12.6. The Hall–Kier alpha value is -0.0800. The Morgan fingerprint density at radius 3 is 2.40 bits per heavy atom. The fourth-order valence-electron chi connectivity index (χ4n) is 3.90. The van der Waals surface area contributed by atoms with Crippen LogP contribution in [0.3, 0.4) is 0 Å². The lowest BCUT2D eigenvalue weighted by Gasteiger charge is -2.43. The van der Waals surface area contributed by atoms with E-state index in [4.69, 9.17) is 4.74 Å². The van der Waals surface area contributed by atoms with Gasteiger partial charge in [-0.3, -0.25) is 0 Å². The van der Waals surface area contributed by atoms with Crippen molar-refractivity contribution in [3.8, 4) is 0 Å². The van der Waals surface area contributed by atoms with E-state index in [0.717, 1.165) is 18.4 Å². The summed E-state index contributed by atoms with van der Waals surface area (Å²) < 4.78 is 5.93. The molecule has 0 aromatic carbocycles. The van der Waals surface area contributed by atoms with Crippen molar-refractivity contribution in [1.82, 2.24) is 5.32 Å². The molecule has 1 aliphatic rings. The molecule has 20 heavy (non-hydrogen) atoms. The Labute approximate surface area is 127 Å². The molecule has 0 aliphatic heterocycles. The molecule has 4 unspecified atom stereocenters. The van der Waals surface area contributed by atoms with Gasteiger partial charge in [0.05, 0.1) is 6.10 Å². The first-order valence-electron chi connectivity index (χ1n) is 8.70. The zero-order valence-corrected chi connectivity index (χ0v) is 14.7. The first-order valence-corrected chi connectivity index (χ1v) is 8.70. The van der Waals surface area contributed by atoms with Crippen molar-refractivity contribution < 1.29 is 4.74 Å². The van der Waals surface area contributed by atoms with E-state index < -0.39 is 0 Å². The molecular formula is C18H37NO. The quantitative estimate of drug-likeness (QED) is 0.735. The highest BCUT2D eigenvalue weighted by molar-refractivity contribution is 4.92. The summed E-state index contributed by atoms with van der Waals surface area (Å²) in [5, 5.41) is 3.82. The molecule has 4 atom stereocenters. The molecule has 0 spiro atoms. The van der Waals surface area contributed by atoms with Gasteiger partial charge in [0.2, 0.25) is 0 Å². The van der Waals surface area contributed by atoms with Crippen molar-refractivity contribution >= 4 is 0 Å². The Bertz CT molecular complexity index is 259. The zero-order chi connectivity index (χ0) is 15.2. The maximum Gasteiger partial charge on any atom is 0.0775 e. The van der Waals surface area contributed by atoms with Crippen molar-refractivity contribution in [3.05, 3.63) is 0 Å². The minimum absolute atomic E-state index is 0.194. The van der Waals surface area contributed by atoms with E-state index in [-0.39, 0.29) is 5.41 Å². The zero-order valence-electron chi connectivity index (χ0n) is 14.7. The normalized spacial score (nSPS) is 27.3. The first kappa shape index (κ1) is 18.0. The lowest BCUT2D eigenvalue weighted by atomic mass is 9.71. The standard InChI is InChI=1S/C18H37NO/c1-7-12-19-16(17(20-6)18(3,4)5)15-11-9-10-14(8-2)13-15/h14-17,19H,7-13H2,1-6H3. The van der Waals surface area contributed by atoms with Gasteiger partial charge in [-0.2, -0.15) is 0 Å². The van der Waals surface area contributed by atoms with E-state index in [1.165, 1.54) is 38.5 Å². The molecule has 0 aromatic rings. The number of rotatable bonds is 7. The van der Waals surface area contributed by atoms with Gasteiger partial charge >= 0.3 is 0 Å². The van der Waals surface area contributed by atoms with Gasteiger partial charge in [-0.25, -0.2) is 0 Å². The molecule has 0 bridgehead atoms. The van der Waals surface area contributed by atoms with Gasteiger partial charge in [0.15, 0.2) is 0 Å². The van der Waals surface area contributed by atoms with E-state index in [0.29, 0.717) is 12.1 Å². The van der Waals surface area contributed by atoms with E-state index >= 15 is 0 Å². The van der Waals surface area contributed by atoms with Crippen LogP contribution in [0.1, 0.15) is 73.1 Å². The van der Waals surface area contributed by atoms with Gasteiger partial charge < -0.3 is 10.1 Å². The van der Waals surface area contributed by atoms with E-state index in [1.54, 1.807) is 0 Å². The third-order valence-corrected chi connectivity index (χ3v) is 4.97. The summed E-state index contributed by atoms with van der Waals surface area (Å²) in [5.74, 6) is 1.71. The van der Waals surface area contributed by atoms with Gasteiger partial charge in [-0.1, -0.05) is 53.9 Å². The second-order valence-corrected chi connectivity index (χ2v) is 7.70. The monoisotopic (exact) mass is 283 g/mol. The van der Waals surface area contributed by atoms with Gasteiger partial charge in [0.25, 0.3) is 0 Å². The third kappa shape index (κ3) is 5.04. The predicted octanol–water partition coefficient (Wildman–Crippen LogP) is 4.63. The highest BCUT2D eigenvalue weighted by Gasteiger charge is 2.38. The highest BCUT2D eigenvalue weighted by atomic mass is 16.5. The molecule has 120 valence electrons. The van der Waals surface area contributed by atoms with Crippen LogP contribution in [0, 0.1) is 17.3 Å². The highest BCUT2D eigenvalue weighted by Crippen LogP contribution is 2.37. The molecule has 0 aromatic heterocycles. The SMILES string of the molecule is CCCNC(C1CCCC(CC)C1)C(OC)C(C)(C)C. The Morgan fingerprint density at radius 2 is 1.90 bits per heavy atom. The molecule has 1 fully saturated rings. The molecule has 1 rings (SSSR count). The Kier molecular flexibility index (Phi) is 7.53. The summed E-state index contributed by atoms with van der Waals surface area (Å²) in [4.78, 5) is 0. The van der Waals surface area contributed by atoms with Crippen LogP contribution in [0.15, 0.2) is 0 Å². The van der Waals surface area contributed by atoms with Crippen LogP contribution in [0.2, 0.25) is 0 Å².